The zero-order valence-electron chi connectivity index (χ0n) is 8.89. The average molecular weight is 290 g/mol. The minimum atomic E-state index is -0.463. The van der Waals surface area contributed by atoms with Gasteiger partial charge in [-0.2, -0.15) is 0 Å². The van der Waals surface area contributed by atoms with E-state index in [0.29, 0.717) is 6.42 Å². The Bertz CT molecular complexity index is 432. The molecule has 0 radical (unpaired) electrons. The maximum Gasteiger partial charge on any atom is 0.164 e. The van der Waals surface area contributed by atoms with Crippen molar-refractivity contribution < 1.29 is 14.2 Å². The second-order valence-corrected chi connectivity index (χ2v) is 5.10. The molecule has 16 heavy (non-hydrogen) atoms. The second kappa shape index (κ2) is 3.89. The van der Waals surface area contributed by atoms with Gasteiger partial charge in [-0.1, -0.05) is 0 Å². The number of aromatic hydroxyl groups is 1. The van der Waals surface area contributed by atoms with Crippen LogP contribution in [0.3, 0.4) is 0 Å². The summed E-state index contributed by atoms with van der Waals surface area (Å²) < 4.78 is 19.1. The van der Waals surface area contributed by atoms with Crippen LogP contribution in [0.25, 0.3) is 0 Å². The van der Waals surface area contributed by atoms with Gasteiger partial charge in [-0.3, -0.25) is 0 Å². The third-order valence-corrected chi connectivity index (χ3v) is 3.47. The van der Waals surface area contributed by atoms with E-state index in [1.807, 2.05) is 0 Å². The van der Waals surface area contributed by atoms with Crippen molar-refractivity contribution in [3.63, 3.8) is 0 Å². The predicted octanol–water partition coefficient (Wildman–Crippen LogP) is 2.34. The SMILES string of the molecule is COc1cc(Br)c(F)c(CC2(N)CC2)c1O. The number of nitrogens with two attached hydrogens (primary N) is 1. The first-order valence-electron chi connectivity index (χ1n) is 4.99. The van der Waals surface area contributed by atoms with Crippen molar-refractivity contribution in [1.29, 1.82) is 0 Å². The average Bonchev–Trinajstić information content (AvgIpc) is 2.97. The summed E-state index contributed by atoms with van der Waals surface area (Å²) in [6, 6.07) is 1.41. The molecule has 5 heteroatoms. The topological polar surface area (TPSA) is 55.5 Å². The molecule has 0 aromatic heterocycles. The van der Waals surface area contributed by atoms with Gasteiger partial charge in [0.15, 0.2) is 11.5 Å². The van der Waals surface area contributed by atoms with Crippen LogP contribution in [-0.2, 0) is 6.42 Å². The molecule has 1 aliphatic rings. The molecule has 0 heterocycles. The highest BCUT2D eigenvalue weighted by molar-refractivity contribution is 9.10. The lowest BCUT2D eigenvalue weighted by Crippen LogP contribution is -2.25. The van der Waals surface area contributed by atoms with Crippen LogP contribution in [-0.4, -0.2) is 17.8 Å². The summed E-state index contributed by atoms with van der Waals surface area (Å²) in [4.78, 5) is 0. The van der Waals surface area contributed by atoms with E-state index < -0.39 is 5.82 Å². The van der Waals surface area contributed by atoms with Crippen molar-refractivity contribution in [2.24, 2.45) is 5.73 Å². The standard InChI is InChI=1S/C11H13BrFNO2/c1-16-8-4-7(12)9(13)6(10(8)15)5-11(14)2-3-11/h4,15H,2-3,5,14H2,1H3. The molecule has 1 fully saturated rings. The minimum Gasteiger partial charge on any atom is -0.504 e. The minimum absolute atomic E-state index is 0.153. The predicted molar refractivity (Wildman–Crippen MR) is 62.2 cm³/mol. The first-order valence-corrected chi connectivity index (χ1v) is 5.79. The van der Waals surface area contributed by atoms with Crippen LogP contribution in [0.1, 0.15) is 18.4 Å². The Labute approximate surface area is 102 Å². The van der Waals surface area contributed by atoms with Gasteiger partial charge in [0.25, 0.3) is 0 Å². The molecule has 3 N–H and O–H groups in total. The largest absolute Gasteiger partial charge is 0.504 e. The molecule has 0 spiro atoms. The van der Waals surface area contributed by atoms with Crippen LogP contribution in [0.2, 0.25) is 0 Å². The van der Waals surface area contributed by atoms with E-state index in [1.54, 1.807) is 0 Å². The Balaban J connectivity index is 2.44. The zero-order valence-corrected chi connectivity index (χ0v) is 10.5. The molecule has 3 nitrogen and oxygen atoms in total. The van der Waals surface area contributed by atoms with Crippen LogP contribution in [0.15, 0.2) is 10.5 Å². The molecule has 0 aliphatic heterocycles. The highest BCUT2D eigenvalue weighted by Gasteiger charge is 2.40. The van der Waals surface area contributed by atoms with Crippen LogP contribution < -0.4 is 10.5 Å². The number of halogens is 2. The molecule has 1 aliphatic carbocycles. The van der Waals surface area contributed by atoms with Crippen LogP contribution in [0.4, 0.5) is 4.39 Å². The third kappa shape index (κ3) is 2.01. The first-order chi connectivity index (χ1) is 7.47. The van der Waals surface area contributed by atoms with Crippen molar-refractivity contribution >= 4 is 15.9 Å². The van der Waals surface area contributed by atoms with Gasteiger partial charge in [0, 0.05) is 17.2 Å². The fourth-order valence-electron chi connectivity index (χ4n) is 1.65. The molecular formula is C11H13BrFNO2. The summed E-state index contributed by atoms with van der Waals surface area (Å²) in [5.41, 5.74) is 5.80. The van der Waals surface area contributed by atoms with Crippen molar-refractivity contribution in [1.82, 2.24) is 0 Å². The maximum atomic E-state index is 13.8. The number of phenols is 1. The van der Waals surface area contributed by atoms with E-state index in [2.05, 4.69) is 15.9 Å². The number of benzene rings is 1. The number of hydrogen-bond donors (Lipinski definition) is 2. The number of methoxy groups -OCH3 is 1. The van der Waals surface area contributed by atoms with Gasteiger partial charge in [0.05, 0.1) is 11.6 Å². The fraction of sp³-hybridized carbons (Fsp3) is 0.455. The van der Waals surface area contributed by atoms with Gasteiger partial charge in [0.1, 0.15) is 5.82 Å². The Morgan fingerprint density at radius 3 is 2.75 bits per heavy atom. The lowest BCUT2D eigenvalue weighted by atomic mass is 10.0. The summed E-state index contributed by atoms with van der Waals surface area (Å²) in [6.45, 7) is 0. The van der Waals surface area contributed by atoms with E-state index in [-0.39, 0.29) is 27.1 Å². The van der Waals surface area contributed by atoms with E-state index in [4.69, 9.17) is 10.5 Å². The van der Waals surface area contributed by atoms with Gasteiger partial charge in [-0.25, -0.2) is 4.39 Å². The Morgan fingerprint density at radius 2 is 2.25 bits per heavy atom. The van der Waals surface area contributed by atoms with Crippen LogP contribution >= 0.6 is 15.9 Å². The van der Waals surface area contributed by atoms with Gasteiger partial charge >= 0.3 is 0 Å². The monoisotopic (exact) mass is 289 g/mol. The summed E-state index contributed by atoms with van der Waals surface area (Å²) in [5.74, 6) is -0.359. The summed E-state index contributed by atoms with van der Waals surface area (Å²) in [6.07, 6.45) is 2.06. The van der Waals surface area contributed by atoms with Crippen molar-refractivity contribution in [2.45, 2.75) is 24.8 Å². The molecule has 1 aromatic carbocycles. The summed E-state index contributed by atoms with van der Waals surface area (Å²) in [7, 11) is 1.43. The number of rotatable bonds is 3. The van der Waals surface area contributed by atoms with Gasteiger partial charge in [-0.05, 0) is 35.2 Å². The molecule has 88 valence electrons. The highest BCUT2D eigenvalue weighted by Crippen LogP contribution is 2.43. The van der Waals surface area contributed by atoms with Crippen molar-refractivity contribution in [3.8, 4) is 11.5 Å². The molecule has 1 saturated carbocycles. The van der Waals surface area contributed by atoms with E-state index >= 15 is 0 Å². The molecule has 0 bridgehead atoms. The quantitative estimate of drug-likeness (QED) is 0.898. The van der Waals surface area contributed by atoms with E-state index in [9.17, 15) is 9.50 Å². The van der Waals surface area contributed by atoms with Gasteiger partial charge in [-0.15, -0.1) is 0 Å². The molecule has 0 saturated heterocycles. The number of phenolic OH excluding ortho intramolecular Hbond substituents is 1. The molecule has 1 aromatic rings. The van der Waals surface area contributed by atoms with Gasteiger partial charge in [0.2, 0.25) is 0 Å². The lowest BCUT2D eigenvalue weighted by Gasteiger charge is -2.14. The van der Waals surface area contributed by atoms with E-state index in [0.717, 1.165) is 12.8 Å². The second-order valence-electron chi connectivity index (χ2n) is 4.24. The van der Waals surface area contributed by atoms with Gasteiger partial charge < -0.3 is 15.6 Å². The number of hydrogen-bond acceptors (Lipinski definition) is 3. The third-order valence-electron chi connectivity index (χ3n) is 2.89. The maximum absolute atomic E-state index is 13.8. The van der Waals surface area contributed by atoms with E-state index in [1.165, 1.54) is 13.2 Å². The normalized spacial score (nSPS) is 17.2. The number of ether oxygens (including phenoxy) is 1. The molecule has 2 rings (SSSR count). The summed E-state index contributed by atoms with van der Waals surface area (Å²) >= 11 is 3.09. The molecular weight excluding hydrogens is 277 g/mol. The fourth-order valence-corrected chi connectivity index (χ4v) is 2.10. The van der Waals surface area contributed by atoms with Crippen molar-refractivity contribution in [2.75, 3.05) is 7.11 Å². The van der Waals surface area contributed by atoms with Crippen LogP contribution in [0, 0.1) is 5.82 Å². The molecule has 0 amide bonds. The summed E-state index contributed by atoms with van der Waals surface area (Å²) in [5, 5.41) is 9.84. The molecule has 0 unspecified atom stereocenters. The Hall–Kier alpha value is -0.810. The lowest BCUT2D eigenvalue weighted by molar-refractivity contribution is 0.364. The Kier molecular flexibility index (Phi) is 2.84. The Morgan fingerprint density at radius 1 is 1.62 bits per heavy atom. The van der Waals surface area contributed by atoms with Crippen LogP contribution in [0.5, 0.6) is 11.5 Å². The smallest absolute Gasteiger partial charge is 0.164 e. The zero-order chi connectivity index (χ0) is 11.9. The highest BCUT2D eigenvalue weighted by atomic mass is 79.9. The first kappa shape index (κ1) is 11.7. The molecule has 0 atom stereocenters. The van der Waals surface area contributed by atoms with Crippen molar-refractivity contribution in [3.05, 3.63) is 21.9 Å².